The molecule has 1 aliphatic carbocycles. The van der Waals surface area contributed by atoms with E-state index in [0.717, 1.165) is 50.4 Å². The van der Waals surface area contributed by atoms with E-state index in [1.807, 2.05) is 72.8 Å². The lowest BCUT2D eigenvalue weighted by Crippen LogP contribution is -2.10. The summed E-state index contributed by atoms with van der Waals surface area (Å²) < 4.78 is 12.5. The predicted molar refractivity (Wildman–Crippen MR) is 173 cm³/mol. The zero-order chi connectivity index (χ0) is 28.6. The normalized spacial score (nSPS) is 14.0. The maximum atomic E-state index is 6.27. The Morgan fingerprint density at radius 2 is 1.00 bits per heavy atom. The van der Waals surface area contributed by atoms with E-state index in [9.17, 15) is 0 Å². The first-order valence-electron chi connectivity index (χ1n) is 15.1. The first kappa shape index (κ1) is 25.5. The van der Waals surface area contributed by atoms with Crippen molar-refractivity contribution in [3.05, 3.63) is 127 Å². The van der Waals surface area contributed by atoms with Crippen LogP contribution in [0, 0.1) is 0 Å². The summed E-state index contributed by atoms with van der Waals surface area (Å²) in [5.74, 6) is 1.89. The van der Waals surface area contributed by atoms with Crippen LogP contribution in [0.15, 0.2) is 130 Å². The highest BCUT2D eigenvalue weighted by molar-refractivity contribution is 5.88. The molecule has 2 aromatic heterocycles. The summed E-state index contributed by atoms with van der Waals surface area (Å²) in [6, 6.07) is 41.6. The van der Waals surface area contributed by atoms with Crippen LogP contribution in [0.3, 0.4) is 0 Å². The number of hydrogen-bond acceptors (Lipinski definition) is 5. The van der Waals surface area contributed by atoms with Crippen LogP contribution in [0.4, 0.5) is 17.1 Å². The van der Waals surface area contributed by atoms with Crippen molar-refractivity contribution in [3.63, 3.8) is 0 Å². The van der Waals surface area contributed by atoms with Crippen LogP contribution < -0.4 is 4.90 Å². The van der Waals surface area contributed by atoms with Crippen LogP contribution in [0.5, 0.6) is 0 Å². The molecule has 0 bridgehead atoms. The van der Waals surface area contributed by atoms with E-state index in [-0.39, 0.29) is 0 Å². The van der Waals surface area contributed by atoms with Crippen molar-refractivity contribution in [1.82, 2.24) is 9.97 Å². The van der Waals surface area contributed by atoms with Crippen LogP contribution in [0.2, 0.25) is 0 Å². The molecular formula is C38H31N3O2. The third-order valence-corrected chi connectivity index (χ3v) is 8.53. The second-order valence-electron chi connectivity index (χ2n) is 11.3. The van der Waals surface area contributed by atoms with Gasteiger partial charge in [-0.2, -0.15) is 0 Å². The Bertz CT molecular complexity index is 1890. The van der Waals surface area contributed by atoms with E-state index in [1.165, 1.54) is 37.7 Å². The lowest BCUT2D eigenvalue weighted by Gasteiger charge is -2.27. The van der Waals surface area contributed by atoms with Gasteiger partial charge >= 0.3 is 0 Å². The SMILES string of the molecule is c1ccc(-c2nc3ccc(N(c4ccc(C5CCCCC5)cc4)c4ccc5nc(-c6ccccc6)oc5c4)cc3o2)cc1. The molecule has 0 aliphatic heterocycles. The Labute approximate surface area is 250 Å². The maximum absolute atomic E-state index is 6.27. The Hall–Kier alpha value is -5.16. The maximum Gasteiger partial charge on any atom is 0.227 e. The Balaban J connectivity index is 1.22. The second kappa shape index (κ2) is 10.9. The van der Waals surface area contributed by atoms with Crippen LogP contribution >= 0.6 is 0 Å². The van der Waals surface area contributed by atoms with Crippen LogP contribution in [0.1, 0.15) is 43.6 Å². The lowest BCUT2D eigenvalue weighted by atomic mass is 9.84. The molecule has 0 spiro atoms. The Kier molecular flexibility index (Phi) is 6.48. The van der Waals surface area contributed by atoms with Gasteiger partial charge in [-0.3, -0.25) is 0 Å². The van der Waals surface area contributed by atoms with Gasteiger partial charge in [-0.1, -0.05) is 67.8 Å². The standard InChI is InChI=1S/C38H31N3O2/c1-4-10-26(11-5-1)27-16-18-30(19-17-27)41(31-20-22-33-35(24-31)42-37(39-33)28-12-6-2-7-13-28)32-21-23-34-36(25-32)43-38(40-34)29-14-8-3-9-15-29/h2-3,6-9,12-26H,1,4-5,10-11H2. The molecule has 0 saturated heterocycles. The highest BCUT2D eigenvalue weighted by Crippen LogP contribution is 2.40. The molecule has 5 nitrogen and oxygen atoms in total. The monoisotopic (exact) mass is 561 g/mol. The van der Waals surface area contributed by atoms with Crippen molar-refractivity contribution in [2.24, 2.45) is 0 Å². The summed E-state index contributed by atoms with van der Waals surface area (Å²) in [6.07, 6.45) is 6.56. The molecule has 210 valence electrons. The number of oxazole rings is 2. The molecule has 5 aromatic carbocycles. The number of fused-ring (bicyclic) bond motifs is 2. The number of anilines is 3. The molecule has 5 heteroatoms. The summed E-state index contributed by atoms with van der Waals surface area (Å²) in [6.45, 7) is 0. The molecule has 8 rings (SSSR count). The molecule has 1 saturated carbocycles. The summed E-state index contributed by atoms with van der Waals surface area (Å²) >= 11 is 0. The zero-order valence-corrected chi connectivity index (χ0v) is 23.8. The number of nitrogens with zero attached hydrogens (tertiary/aromatic N) is 3. The van der Waals surface area contributed by atoms with Gasteiger partial charge in [-0.25, -0.2) is 9.97 Å². The summed E-state index contributed by atoms with van der Waals surface area (Å²) in [5, 5.41) is 0. The number of benzene rings is 5. The van der Waals surface area contributed by atoms with Crippen LogP contribution in [-0.4, -0.2) is 9.97 Å². The van der Waals surface area contributed by atoms with E-state index in [0.29, 0.717) is 17.7 Å². The lowest BCUT2D eigenvalue weighted by molar-refractivity contribution is 0.443. The molecule has 0 atom stereocenters. The summed E-state index contributed by atoms with van der Waals surface area (Å²) in [4.78, 5) is 11.8. The van der Waals surface area contributed by atoms with Crippen LogP contribution in [-0.2, 0) is 0 Å². The molecule has 43 heavy (non-hydrogen) atoms. The minimum atomic E-state index is 0.618. The first-order chi connectivity index (χ1) is 21.3. The van der Waals surface area contributed by atoms with E-state index in [4.69, 9.17) is 18.8 Å². The predicted octanol–water partition coefficient (Wildman–Crippen LogP) is 10.8. The van der Waals surface area contributed by atoms with E-state index in [1.54, 1.807) is 0 Å². The Morgan fingerprint density at radius 1 is 0.512 bits per heavy atom. The molecule has 0 unspecified atom stereocenters. The minimum Gasteiger partial charge on any atom is -0.436 e. The fourth-order valence-electron chi connectivity index (χ4n) is 6.29. The van der Waals surface area contributed by atoms with E-state index in [2.05, 4.69) is 53.4 Å². The first-order valence-corrected chi connectivity index (χ1v) is 15.1. The van der Waals surface area contributed by atoms with Crippen molar-refractivity contribution in [2.45, 2.75) is 38.0 Å². The van der Waals surface area contributed by atoms with Crippen LogP contribution in [0.25, 0.3) is 45.1 Å². The molecule has 7 aromatic rings. The topological polar surface area (TPSA) is 55.3 Å². The van der Waals surface area contributed by atoms with Gasteiger partial charge in [0.25, 0.3) is 0 Å². The fraction of sp³-hybridized carbons (Fsp3) is 0.158. The zero-order valence-electron chi connectivity index (χ0n) is 23.8. The third kappa shape index (κ3) is 4.97. The van der Waals surface area contributed by atoms with Crippen molar-refractivity contribution in [2.75, 3.05) is 4.90 Å². The second-order valence-corrected chi connectivity index (χ2v) is 11.3. The average molecular weight is 562 g/mol. The van der Waals surface area contributed by atoms with E-state index >= 15 is 0 Å². The van der Waals surface area contributed by atoms with Gasteiger partial charge in [0.2, 0.25) is 11.8 Å². The molecule has 1 aliphatic rings. The molecular weight excluding hydrogens is 530 g/mol. The molecule has 0 amide bonds. The quantitative estimate of drug-likeness (QED) is 0.202. The summed E-state index contributed by atoms with van der Waals surface area (Å²) in [5.41, 5.74) is 9.53. The third-order valence-electron chi connectivity index (χ3n) is 8.53. The van der Waals surface area contributed by atoms with Gasteiger partial charge in [0.15, 0.2) is 11.2 Å². The number of rotatable bonds is 6. The highest BCUT2D eigenvalue weighted by atomic mass is 16.4. The van der Waals surface area contributed by atoms with Gasteiger partial charge in [0.05, 0.1) is 0 Å². The molecule has 0 radical (unpaired) electrons. The van der Waals surface area contributed by atoms with Crippen molar-refractivity contribution in [1.29, 1.82) is 0 Å². The average Bonchev–Trinajstić information content (AvgIpc) is 3.71. The number of hydrogen-bond donors (Lipinski definition) is 0. The van der Waals surface area contributed by atoms with Gasteiger partial charge < -0.3 is 13.7 Å². The molecule has 1 fully saturated rings. The smallest absolute Gasteiger partial charge is 0.227 e. The Morgan fingerprint density at radius 3 is 1.51 bits per heavy atom. The minimum absolute atomic E-state index is 0.618. The van der Waals surface area contributed by atoms with E-state index < -0.39 is 0 Å². The number of aromatic nitrogens is 2. The largest absolute Gasteiger partial charge is 0.436 e. The summed E-state index contributed by atoms with van der Waals surface area (Å²) in [7, 11) is 0. The van der Waals surface area contributed by atoms with Gasteiger partial charge in [0.1, 0.15) is 11.0 Å². The van der Waals surface area contributed by atoms with Gasteiger partial charge in [-0.15, -0.1) is 0 Å². The molecule has 2 heterocycles. The van der Waals surface area contributed by atoms with Crippen molar-refractivity contribution in [3.8, 4) is 22.9 Å². The fourth-order valence-corrected chi connectivity index (χ4v) is 6.29. The highest BCUT2D eigenvalue weighted by Gasteiger charge is 2.20. The van der Waals surface area contributed by atoms with Gasteiger partial charge in [0, 0.05) is 40.3 Å². The van der Waals surface area contributed by atoms with Crippen molar-refractivity contribution < 1.29 is 8.83 Å². The van der Waals surface area contributed by atoms with Crippen molar-refractivity contribution >= 4 is 39.3 Å². The van der Waals surface area contributed by atoms with Gasteiger partial charge in [-0.05, 0) is 85.0 Å². The molecule has 0 N–H and O–H groups in total.